The zero-order valence-electron chi connectivity index (χ0n) is 10.8. The van der Waals surface area contributed by atoms with Crippen LogP contribution in [0.15, 0.2) is 30.3 Å². The van der Waals surface area contributed by atoms with Crippen LogP contribution in [0.25, 0.3) is 10.9 Å². The molecule has 1 atom stereocenters. The zero-order chi connectivity index (χ0) is 13.4. The second-order valence-corrected chi connectivity index (χ2v) is 5.02. The molecule has 1 amide bonds. The second-order valence-electron chi connectivity index (χ2n) is 5.02. The van der Waals surface area contributed by atoms with Crippen LogP contribution >= 0.6 is 0 Å². The maximum atomic E-state index is 12.5. The Balaban J connectivity index is 2.04. The number of benzene rings is 1. The molecular weight excluding hydrogens is 240 g/mol. The fourth-order valence-electron chi connectivity index (χ4n) is 2.51. The van der Waals surface area contributed by atoms with E-state index in [1.54, 1.807) is 4.90 Å². The highest BCUT2D eigenvalue weighted by Crippen LogP contribution is 2.21. The summed E-state index contributed by atoms with van der Waals surface area (Å²) in [4.78, 5) is 18.7. The lowest BCUT2D eigenvalue weighted by Crippen LogP contribution is -2.29. The summed E-state index contributed by atoms with van der Waals surface area (Å²) in [5.74, 6) is -0.0414. The number of para-hydroxylation sites is 1. The summed E-state index contributed by atoms with van der Waals surface area (Å²) >= 11 is 0. The van der Waals surface area contributed by atoms with E-state index in [1.807, 2.05) is 37.3 Å². The van der Waals surface area contributed by atoms with Crippen molar-refractivity contribution >= 4 is 16.8 Å². The van der Waals surface area contributed by atoms with Crippen LogP contribution in [-0.4, -0.2) is 40.1 Å². The SMILES string of the molecule is Cc1ccc2cccc(C(=O)N3CC[C@@H](O)C3)c2n1. The number of pyridine rings is 1. The number of aliphatic hydroxyl groups is 1. The van der Waals surface area contributed by atoms with Gasteiger partial charge >= 0.3 is 0 Å². The van der Waals surface area contributed by atoms with Crippen molar-refractivity contribution in [3.05, 3.63) is 41.6 Å². The van der Waals surface area contributed by atoms with Gasteiger partial charge in [-0.05, 0) is 25.5 Å². The first kappa shape index (κ1) is 12.1. The van der Waals surface area contributed by atoms with Crippen LogP contribution < -0.4 is 0 Å². The average molecular weight is 256 g/mol. The smallest absolute Gasteiger partial charge is 0.256 e. The molecule has 0 saturated carbocycles. The summed E-state index contributed by atoms with van der Waals surface area (Å²) in [6, 6.07) is 9.56. The fraction of sp³-hybridized carbons (Fsp3) is 0.333. The summed E-state index contributed by atoms with van der Waals surface area (Å²) in [6.45, 7) is 2.95. The minimum Gasteiger partial charge on any atom is -0.391 e. The van der Waals surface area contributed by atoms with E-state index < -0.39 is 6.10 Å². The molecule has 3 rings (SSSR count). The second kappa shape index (κ2) is 4.63. The molecule has 1 saturated heterocycles. The maximum absolute atomic E-state index is 12.5. The summed E-state index contributed by atoms with van der Waals surface area (Å²) in [5.41, 5.74) is 2.26. The van der Waals surface area contributed by atoms with Crippen molar-refractivity contribution in [3.63, 3.8) is 0 Å². The van der Waals surface area contributed by atoms with Gasteiger partial charge in [-0.25, -0.2) is 0 Å². The molecule has 19 heavy (non-hydrogen) atoms. The number of fused-ring (bicyclic) bond motifs is 1. The molecule has 0 bridgehead atoms. The monoisotopic (exact) mass is 256 g/mol. The van der Waals surface area contributed by atoms with Crippen molar-refractivity contribution in [1.29, 1.82) is 0 Å². The Hall–Kier alpha value is -1.94. The predicted octanol–water partition coefficient (Wildman–Crippen LogP) is 1.75. The summed E-state index contributed by atoms with van der Waals surface area (Å²) in [7, 11) is 0. The molecule has 2 heterocycles. The van der Waals surface area contributed by atoms with Crippen molar-refractivity contribution in [2.45, 2.75) is 19.4 Å². The Labute approximate surface area is 111 Å². The topological polar surface area (TPSA) is 53.4 Å². The van der Waals surface area contributed by atoms with Gasteiger partial charge in [-0.3, -0.25) is 9.78 Å². The molecular formula is C15H16N2O2. The molecule has 0 spiro atoms. The Morgan fingerprint density at radius 1 is 1.37 bits per heavy atom. The standard InChI is InChI=1S/C15H16N2O2/c1-10-5-6-11-3-2-4-13(14(11)16-10)15(19)17-8-7-12(18)9-17/h2-6,12,18H,7-9H2,1H3/t12-/m1/s1. The van der Waals surface area contributed by atoms with Gasteiger partial charge < -0.3 is 10.0 Å². The quantitative estimate of drug-likeness (QED) is 0.845. The van der Waals surface area contributed by atoms with E-state index in [0.29, 0.717) is 25.1 Å². The molecule has 1 aliphatic heterocycles. The molecule has 1 fully saturated rings. The van der Waals surface area contributed by atoms with Crippen LogP contribution in [0.5, 0.6) is 0 Å². The fourth-order valence-corrected chi connectivity index (χ4v) is 2.51. The molecule has 98 valence electrons. The molecule has 0 aliphatic carbocycles. The molecule has 2 aromatic rings. The number of carbonyl (C=O) groups excluding carboxylic acids is 1. The Morgan fingerprint density at radius 3 is 2.95 bits per heavy atom. The van der Waals surface area contributed by atoms with Crippen LogP contribution in [0.3, 0.4) is 0 Å². The first-order chi connectivity index (χ1) is 9.15. The highest BCUT2D eigenvalue weighted by atomic mass is 16.3. The van der Waals surface area contributed by atoms with E-state index >= 15 is 0 Å². The summed E-state index contributed by atoms with van der Waals surface area (Å²) < 4.78 is 0. The highest BCUT2D eigenvalue weighted by molar-refractivity contribution is 6.05. The van der Waals surface area contributed by atoms with Crippen LogP contribution in [0.4, 0.5) is 0 Å². The van der Waals surface area contributed by atoms with E-state index in [4.69, 9.17) is 0 Å². The number of nitrogens with zero attached hydrogens (tertiary/aromatic N) is 2. The maximum Gasteiger partial charge on any atom is 0.256 e. The van der Waals surface area contributed by atoms with Gasteiger partial charge in [0.05, 0.1) is 17.2 Å². The van der Waals surface area contributed by atoms with Crippen LogP contribution in [0, 0.1) is 6.92 Å². The Bertz CT molecular complexity index is 639. The number of β-amino-alcohol motifs (C(OH)–C–C–N with tert-alkyl or cyclic N) is 1. The number of aryl methyl sites for hydroxylation is 1. The van der Waals surface area contributed by atoms with Crippen molar-refractivity contribution in [3.8, 4) is 0 Å². The lowest BCUT2D eigenvalue weighted by molar-refractivity contribution is 0.0766. The van der Waals surface area contributed by atoms with E-state index in [9.17, 15) is 9.90 Å². The number of aromatic nitrogens is 1. The van der Waals surface area contributed by atoms with Gasteiger partial charge in [0.25, 0.3) is 5.91 Å². The number of hydrogen-bond donors (Lipinski definition) is 1. The van der Waals surface area contributed by atoms with Gasteiger partial charge in [-0.1, -0.05) is 18.2 Å². The molecule has 0 radical (unpaired) electrons. The van der Waals surface area contributed by atoms with Crippen molar-refractivity contribution in [1.82, 2.24) is 9.88 Å². The molecule has 1 N–H and O–H groups in total. The lowest BCUT2D eigenvalue weighted by Gasteiger charge is -2.16. The molecule has 4 nitrogen and oxygen atoms in total. The molecule has 1 aromatic heterocycles. The number of rotatable bonds is 1. The summed E-state index contributed by atoms with van der Waals surface area (Å²) in [5, 5.41) is 10.5. The lowest BCUT2D eigenvalue weighted by atomic mass is 10.1. The van der Waals surface area contributed by atoms with Crippen molar-refractivity contribution < 1.29 is 9.90 Å². The van der Waals surface area contributed by atoms with E-state index in [1.165, 1.54) is 0 Å². The third-order valence-corrected chi connectivity index (χ3v) is 3.54. The zero-order valence-corrected chi connectivity index (χ0v) is 10.8. The van der Waals surface area contributed by atoms with E-state index in [2.05, 4.69) is 4.98 Å². The molecule has 0 unspecified atom stereocenters. The number of carbonyl (C=O) groups is 1. The first-order valence-electron chi connectivity index (χ1n) is 6.49. The average Bonchev–Trinajstić information content (AvgIpc) is 2.84. The third-order valence-electron chi connectivity index (χ3n) is 3.54. The van der Waals surface area contributed by atoms with Gasteiger partial charge in [-0.15, -0.1) is 0 Å². The van der Waals surface area contributed by atoms with Crippen LogP contribution in [0.1, 0.15) is 22.5 Å². The normalized spacial score (nSPS) is 19.1. The third kappa shape index (κ3) is 2.19. The minimum absolute atomic E-state index is 0.0414. The number of likely N-dealkylation sites (tertiary alicyclic amines) is 1. The van der Waals surface area contributed by atoms with Gasteiger partial charge in [0.2, 0.25) is 0 Å². The number of aliphatic hydroxyl groups excluding tert-OH is 1. The molecule has 1 aromatic carbocycles. The van der Waals surface area contributed by atoms with Crippen LogP contribution in [0.2, 0.25) is 0 Å². The molecule has 1 aliphatic rings. The minimum atomic E-state index is -0.395. The van der Waals surface area contributed by atoms with Crippen molar-refractivity contribution in [2.75, 3.05) is 13.1 Å². The number of hydrogen-bond acceptors (Lipinski definition) is 3. The largest absolute Gasteiger partial charge is 0.391 e. The number of amides is 1. The highest BCUT2D eigenvalue weighted by Gasteiger charge is 2.26. The van der Waals surface area contributed by atoms with E-state index in [-0.39, 0.29) is 5.91 Å². The summed E-state index contributed by atoms with van der Waals surface area (Å²) in [6.07, 6.45) is 0.261. The van der Waals surface area contributed by atoms with E-state index in [0.717, 1.165) is 16.6 Å². The van der Waals surface area contributed by atoms with Gasteiger partial charge in [-0.2, -0.15) is 0 Å². The van der Waals surface area contributed by atoms with Gasteiger partial charge in [0.15, 0.2) is 0 Å². The first-order valence-corrected chi connectivity index (χ1v) is 6.49. The molecule has 4 heteroatoms. The predicted molar refractivity (Wildman–Crippen MR) is 73.0 cm³/mol. The Morgan fingerprint density at radius 2 is 2.21 bits per heavy atom. The van der Waals surface area contributed by atoms with Gasteiger partial charge in [0, 0.05) is 24.2 Å². The van der Waals surface area contributed by atoms with Crippen LogP contribution in [-0.2, 0) is 0 Å². The Kier molecular flexibility index (Phi) is 2.95. The van der Waals surface area contributed by atoms with Crippen molar-refractivity contribution in [2.24, 2.45) is 0 Å². The van der Waals surface area contributed by atoms with Gasteiger partial charge in [0.1, 0.15) is 0 Å².